The van der Waals surface area contributed by atoms with Crippen LogP contribution in [0.4, 0.5) is 18.9 Å². The van der Waals surface area contributed by atoms with E-state index >= 15 is 0 Å². The lowest BCUT2D eigenvalue weighted by molar-refractivity contribution is -0.121. The van der Waals surface area contributed by atoms with Crippen molar-refractivity contribution in [3.05, 3.63) is 24.3 Å². The Morgan fingerprint density at radius 2 is 1.73 bits per heavy atom. The van der Waals surface area contributed by atoms with E-state index in [1.54, 1.807) is 0 Å². The summed E-state index contributed by atoms with van der Waals surface area (Å²) in [4.78, 5) is 11.9. The molecule has 10 heteroatoms. The molecule has 1 aromatic rings. The number of alkyl halides is 3. The Balaban J connectivity index is 1.97. The van der Waals surface area contributed by atoms with Crippen molar-refractivity contribution in [3.8, 4) is 0 Å². The van der Waals surface area contributed by atoms with Crippen LogP contribution in [-0.4, -0.2) is 33.1 Å². The molecule has 1 fully saturated rings. The van der Waals surface area contributed by atoms with Crippen LogP contribution in [-0.2, 0) is 14.8 Å². The minimum atomic E-state index is -4.64. The summed E-state index contributed by atoms with van der Waals surface area (Å²) in [6, 6.07) is 4.23. The monoisotopic (exact) mass is 393 g/mol. The third-order valence-corrected chi connectivity index (χ3v) is 5.77. The van der Waals surface area contributed by atoms with E-state index in [4.69, 9.17) is 5.73 Å². The second kappa shape index (κ2) is 8.36. The Bertz CT molecular complexity index is 714. The molecule has 1 saturated carbocycles. The van der Waals surface area contributed by atoms with Gasteiger partial charge in [0.15, 0.2) is 0 Å². The summed E-state index contributed by atoms with van der Waals surface area (Å²) in [5.74, 6) is -0.238. The number of amides is 1. The fraction of sp³-hybridized carbons (Fsp3) is 0.562. The predicted octanol–water partition coefficient (Wildman–Crippen LogP) is 2.37. The fourth-order valence-electron chi connectivity index (χ4n) is 2.91. The van der Waals surface area contributed by atoms with Crippen LogP contribution in [0.25, 0.3) is 0 Å². The zero-order chi connectivity index (χ0) is 19.4. The van der Waals surface area contributed by atoms with Gasteiger partial charge in [-0.3, -0.25) is 4.79 Å². The fourth-order valence-corrected chi connectivity index (χ4v) is 3.93. The normalized spacial score (nSPS) is 17.7. The molecule has 1 aliphatic carbocycles. The van der Waals surface area contributed by atoms with Crippen molar-refractivity contribution >= 4 is 21.6 Å². The van der Waals surface area contributed by atoms with E-state index in [0.717, 1.165) is 44.2 Å². The van der Waals surface area contributed by atoms with Crippen molar-refractivity contribution in [3.63, 3.8) is 0 Å². The molecule has 1 aromatic carbocycles. The summed E-state index contributed by atoms with van der Waals surface area (Å²) in [5.41, 5.74) is 6.32. The van der Waals surface area contributed by atoms with Gasteiger partial charge in [0.1, 0.15) is 6.54 Å². The van der Waals surface area contributed by atoms with Crippen molar-refractivity contribution in [1.29, 1.82) is 0 Å². The summed E-state index contributed by atoms with van der Waals surface area (Å²) in [5, 5.41) is 2.61. The molecule has 1 aliphatic rings. The van der Waals surface area contributed by atoms with Crippen molar-refractivity contribution in [1.82, 2.24) is 4.72 Å². The van der Waals surface area contributed by atoms with Gasteiger partial charge in [-0.2, -0.15) is 13.2 Å². The largest absolute Gasteiger partial charge is 0.402 e. The molecule has 26 heavy (non-hydrogen) atoms. The number of nitrogens with two attached hydrogens (primary N) is 1. The van der Waals surface area contributed by atoms with Crippen LogP contribution < -0.4 is 15.8 Å². The zero-order valence-electron chi connectivity index (χ0n) is 14.1. The topological polar surface area (TPSA) is 101 Å². The van der Waals surface area contributed by atoms with Crippen molar-refractivity contribution in [2.45, 2.75) is 49.2 Å². The smallest absolute Gasteiger partial charge is 0.325 e. The molecular weight excluding hydrogens is 371 g/mol. The maximum Gasteiger partial charge on any atom is 0.402 e. The molecule has 6 nitrogen and oxygen atoms in total. The van der Waals surface area contributed by atoms with Gasteiger partial charge in [0.05, 0.1) is 10.9 Å². The highest BCUT2D eigenvalue weighted by molar-refractivity contribution is 7.89. The zero-order valence-corrected chi connectivity index (χ0v) is 14.9. The lowest BCUT2D eigenvalue weighted by Gasteiger charge is -2.26. The first-order valence-electron chi connectivity index (χ1n) is 8.31. The first kappa shape index (κ1) is 20.7. The molecule has 0 aliphatic heterocycles. The highest BCUT2D eigenvalue weighted by Gasteiger charge is 2.30. The minimum absolute atomic E-state index is 0.120. The molecule has 0 unspecified atom stereocenters. The van der Waals surface area contributed by atoms with E-state index in [0.29, 0.717) is 5.69 Å². The van der Waals surface area contributed by atoms with E-state index < -0.39 is 28.8 Å². The van der Waals surface area contributed by atoms with Crippen LogP contribution in [0.1, 0.15) is 32.1 Å². The van der Waals surface area contributed by atoms with Gasteiger partial charge < -0.3 is 11.1 Å². The molecular formula is C16H22F3N3O3S. The Labute approximate surface area is 150 Å². The Morgan fingerprint density at radius 1 is 1.15 bits per heavy atom. The molecule has 4 N–H and O–H groups in total. The molecule has 0 spiro atoms. The SMILES string of the molecule is N[C@H](C(=O)Nc1ccc(S(=O)(=O)NCC(F)(F)F)cc1)C1CCCCC1. The second-order valence-corrected chi connectivity index (χ2v) is 8.14. The lowest BCUT2D eigenvalue weighted by Crippen LogP contribution is -2.42. The summed E-state index contributed by atoms with van der Waals surface area (Å²) >= 11 is 0. The molecule has 0 saturated heterocycles. The van der Waals surface area contributed by atoms with E-state index in [-0.39, 0.29) is 16.7 Å². The van der Waals surface area contributed by atoms with Gasteiger partial charge in [0.2, 0.25) is 15.9 Å². The van der Waals surface area contributed by atoms with E-state index in [9.17, 15) is 26.4 Å². The molecule has 146 valence electrons. The first-order valence-corrected chi connectivity index (χ1v) is 9.80. The number of halogens is 3. The number of anilines is 1. The van der Waals surface area contributed by atoms with Crippen LogP contribution in [0, 0.1) is 5.92 Å². The van der Waals surface area contributed by atoms with Crippen LogP contribution >= 0.6 is 0 Å². The Kier molecular flexibility index (Phi) is 6.64. The maximum atomic E-state index is 12.2. The number of carbonyl (C=O) groups is 1. The van der Waals surface area contributed by atoms with Crippen LogP contribution in [0.15, 0.2) is 29.2 Å². The molecule has 2 rings (SSSR count). The number of hydrogen-bond donors (Lipinski definition) is 3. The second-order valence-electron chi connectivity index (χ2n) is 6.38. The van der Waals surface area contributed by atoms with Crippen LogP contribution in [0.2, 0.25) is 0 Å². The highest BCUT2D eigenvalue weighted by atomic mass is 32.2. The van der Waals surface area contributed by atoms with Crippen LogP contribution in [0.3, 0.4) is 0 Å². The maximum absolute atomic E-state index is 12.2. The molecule has 0 bridgehead atoms. The Morgan fingerprint density at radius 3 is 2.27 bits per heavy atom. The highest BCUT2D eigenvalue weighted by Crippen LogP contribution is 2.26. The first-order chi connectivity index (χ1) is 12.1. The summed E-state index contributed by atoms with van der Waals surface area (Å²) in [6.07, 6.45) is 0.388. The van der Waals surface area contributed by atoms with Crippen molar-refractivity contribution in [2.24, 2.45) is 11.7 Å². The quantitative estimate of drug-likeness (QED) is 0.691. The molecule has 0 heterocycles. The predicted molar refractivity (Wildman–Crippen MR) is 90.9 cm³/mol. The van der Waals surface area contributed by atoms with E-state index in [2.05, 4.69) is 5.32 Å². The van der Waals surface area contributed by atoms with Gasteiger partial charge in [-0.05, 0) is 43.0 Å². The minimum Gasteiger partial charge on any atom is -0.325 e. The van der Waals surface area contributed by atoms with Gasteiger partial charge in [-0.25, -0.2) is 13.1 Å². The average molecular weight is 393 g/mol. The Hall–Kier alpha value is -1.65. The lowest BCUT2D eigenvalue weighted by atomic mass is 9.84. The molecule has 1 amide bonds. The standard InChI is InChI=1S/C16H22F3N3O3S/c17-16(18,19)10-21-26(24,25)13-8-6-12(7-9-13)22-15(23)14(20)11-4-2-1-3-5-11/h6-9,11,14,21H,1-5,10,20H2,(H,22,23)/t14-/m0/s1. The van der Waals surface area contributed by atoms with E-state index in [1.165, 1.54) is 16.9 Å². The van der Waals surface area contributed by atoms with E-state index in [1.807, 2.05) is 0 Å². The number of nitrogens with one attached hydrogen (secondary N) is 2. The van der Waals surface area contributed by atoms with Gasteiger partial charge in [-0.1, -0.05) is 19.3 Å². The molecule has 0 radical (unpaired) electrons. The van der Waals surface area contributed by atoms with Gasteiger partial charge in [-0.15, -0.1) is 0 Å². The summed E-state index contributed by atoms with van der Waals surface area (Å²) in [6.45, 7) is -1.65. The number of carbonyl (C=O) groups excluding carboxylic acids is 1. The van der Waals surface area contributed by atoms with Crippen molar-refractivity contribution < 1.29 is 26.4 Å². The van der Waals surface area contributed by atoms with Crippen LogP contribution in [0.5, 0.6) is 0 Å². The third-order valence-electron chi connectivity index (χ3n) is 4.36. The number of hydrogen-bond acceptors (Lipinski definition) is 4. The summed E-state index contributed by atoms with van der Waals surface area (Å²) < 4.78 is 61.6. The van der Waals surface area contributed by atoms with Gasteiger partial charge in [0, 0.05) is 5.69 Å². The molecule has 1 atom stereocenters. The number of rotatable bonds is 6. The number of sulfonamides is 1. The summed E-state index contributed by atoms with van der Waals surface area (Å²) in [7, 11) is -4.28. The number of benzene rings is 1. The van der Waals surface area contributed by atoms with Gasteiger partial charge >= 0.3 is 6.18 Å². The average Bonchev–Trinajstić information content (AvgIpc) is 2.60. The third kappa shape index (κ3) is 5.96. The van der Waals surface area contributed by atoms with Crippen molar-refractivity contribution in [2.75, 3.05) is 11.9 Å². The molecule has 0 aromatic heterocycles. The van der Waals surface area contributed by atoms with Gasteiger partial charge in [0.25, 0.3) is 0 Å².